The molecule has 102 valence electrons. The third-order valence-electron chi connectivity index (χ3n) is 4.08. The number of nitrogens with zero attached hydrogens (tertiary/aromatic N) is 2. The fraction of sp³-hybridized carbons (Fsp3) is 1.00. The van der Waals surface area contributed by atoms with Crippen LogP contribution in [0.25, 0.3) is 0 Å². The first-order valence-electron chi connectivity index (χ1n) is 6.95. The van der Waals surface area contributed by atoms with Gasteiger partial charge < -0.3 is 15.5 Å². The predicted molar refractivity (Wildman–Crippen MR) is 75.2 cm³/mol. The SMILES string of the molecule is CN(C)C1CCCN(CCC(N)C(C)(C)C)C1. The molecule has 1 saturated heterocycles. The molecule has 0 radical (unpaired) electrons. The van der Waals surface area contributed by atoms with Crippen LogP contribution in [-0.2, 0) is 0 Å². The van der Waals surface area contributed by atoms with Crippen LogP contribution in [0.3, 0.4) is 0 Å². The fourth-order valence-corrected chi connectivity index (χ4v) is 2.41. The third-order valence-corrected chi connectivity index (χ3v) is 4.08. The molecule has 1 aliphatic rings. The van der Waals surface area contributed by atoms with E-state index in [0.29, 0.717) is 6.04 Å². The number of hydrogen-bond acceptors (Lipinski definition) is 3. The molecule has 17 heavy (non-hydrogen) atoms. The Kier molecular flexibility index (Phi) is 5.42. The third kappa shape index (κ3) is 4.94. The molecule has 2 atom stereocenters. The van der Waals surface area contributed by atoms with E-state index in [-0.39, 0.29) is 5.41 Å². The van der Waals surface area contributed by atoms with Crippen LogP contribution in [0, 0.1) is 5.41 Å². The zero-order valence-electron chi connectivity index (χ0n) is 12.4. The largest absolute Gasteiger partial charge is 0.327 e. The van der Waals surface area contributed by atoms with Gasteiger partial charge in [-0.1, -0.05) is 20.8 Å². The van der Waals surface area contributed by atoms with Gasteiger partial charge in [0.1, 0.15) is 0 Å². The monoisotopic (exact) mass is 241 g/mol. The molecule has 0 amide bonds. The molecule has 0 aromatic carbocycles. The van der Waals surface area contributed by atoms with Gasteiger partial charge in [0.2, 0.25) is 0 Å². The first-order valence-corrected chi connectivity index (χ1v) is 6.95. The van der Waals surface area contributed by atoms with E-state index in [4.69, 9.17) is 5.73 Å². The highest BCUT2D eigenvalue weighted by Crippen LogP contribution is 2.21. The van der Waals surface area contributed by atoms with E-state index in [0.717, 1.165) is 19.0 Å². The number of likely N-dealkylation sites (tertiary alicyclic amines) is 1. The number of hydrogen-bond donors (Lipinski definition) is 1. The molecule has 0 aromatic heterocycles. The molecule has 1 rings (SSSR count). The Morgan fingerprint density at radius 3 is 2.53 bits per heavy atom. The minimum absolute atomic E-state index is 0.233. The Hall–Kier alpha value is -0.120. The minimum Gasteiger partial charge on any atom is -0.327 e. The van der Waals surface area contributed by atoms with E-state index in [1.165, 1.54) is 25.9 Å². The molecule has 0 spiro atoms. The summed E-state index contributed by atoms with van der Waals surface area (Å²) in [6.45, 7) is 10.3. The summed E-state index contributed by atoms with van der Waals surface area (Å²) in [5.74, 6) is 0. The van der Waals surface area contributed by atoms with Crippen molar-refractivity contribution in [3.63, 3.8) is 0 Å². The number of nitrogens with two attached hydrogens (primary N) is 1. The molecule has 3 heteroatoms. The molecule has 0 bridgehead atoms. The zero-order chi connectivity index (χ0) is 13.1. The van der Waals surface area contributed by atoms with Gasteiger partial charge in [0.15, 0.2) is 0 Å². The van der Waals surface area contributed by atoms with Crippen molar-refractivity contribution < 1.29 is 0 Å². The van der Waals surface area contributed by atoms with Crippen LogP contribution < -0.4 is 5.73 Å². The van der Waals surface area contributed by atoms with Gasteiger partial charge in [-0.15, -0.1) is 0 Å². The molecule has 0 aromatic rings. The van der Waals surface area contributed by atoms with Gasteiger partial charge in [-0.3, -0.25) is 0 Å². The van der Waals surface area contributed by atoms with Crippen LogP contribution in [0.15, 0.2) is 0 Å². The number of rotatable bonds is 4. The van der Waals surface area contributed by atoms with Gasteiger partial charge in [-0.25, -0.2) is 0 Å². The second kappa shape index (κ2) is 6.17. The highest BCUT2D eigenvalue weighted by Gasteiger charge is 2.24. The van der Waals surface area contributed by atoms with E-state index in [9.17, 15) is 0 Å². The molecule has 1 fully saturated rings. The number of piperidine rings is 1. The van der Waals surface area contributed by atoms with E-state index in [1.807, 2.05) is 0 Å². The Morgan fingerprint density at radius 2 is 2.00 bits per heavy atom. The normalized spacial score (nSPS) is 25.2. The summed E-state index contributed by atoms with van der Waals surface area (Å²) in [6.07, 6.45) is 3.78. The Balaban J connectivity index is 2.32. The van der Waals surface area contributed by atoms with Gasteiger partial charge in [0.05, 0.1) is 0 Å². The summed E-state index contributed by atoms with van der Waals surface area (Å²) >= 11 is 0. The molecule has 0 saturated carbocycles. The average Bonchev–Trinajstić information content (AvgIpc) is 2.25. The van der Waals surface area contributed by atoms with Crippen LogP contribution in [0.5, 0.6) is 0 Å². The smallest absolute Gasteiger partial charge is 0.0217 e. The van der Waals surface area contributed by atoms with E-state index < -0.39 is 0 Å². The summed E-state index contributed by atoms with van der Waals surface area (Å²) in [4.78, 5) is 4.94. The van der Waals surface area contributed by atoms with Crippen molar-refractivity contribution in [2.75, 3.05) is 33.7 Å². The van der Waals surface area contributed by atoms with E-state index in [2.05, 4.69) is 44.7 Å². The standard InChI is InChI=1S/C14H31N3/c1-14(2,3)13(15)8-10-17-9-6-7-12(11-17)16(4)5/h12-13H,6-11,15H2,1-5H3. The van der Waals surface area contributed by atoms with Gasteiger partial charge in [0, 0.05) is 18.6 Å². The molecular weight excluding hydrogens is 210 g/mol. The van der Waals surface area contributed by atoms with Crippen LogP contribution in [0.1, 0.15) is 40.0 Å². The average molecular weight is 241 g/mol. The maximum atomic E-state index is 6.23. The molecule has 1 aliphatic heterocycles. The van der Waals surface area contributed by atoms with Crippen molar-refractivity contribution in [2.24, 2.45) is 11.1 Å². The quantitative estimate of drug-likeness (QED) is 0.814. The first kappa shape index (κ1) is 14.9. The van der Waals surface area contributed by atoms with Crippen molar-refractivity contribution in [1.29, 1.82) is 0 Å². The number of likely N-dealkylation sites (N-methyl/N-ethyl adjacent to an activating group) is 1. The second-order valence-electron chi connectivity index (χ2n) is 6.82. The van der Waals surface area contributed by atoms with Gasteiger partial charge >= 0.3 is 0 Å². The molecule has 1 heterocycles. The van der Waals surface area contributed by atoms with Crippen molar-refractivity contribution >= 4 is 0 Å². The first-order chi connectivity index (χ1) is 7.80. The van der Waals surface area contributed by atoms with Crippen LogP contribution in [0.4, 0.5) is 0 Å². The summed E-state index contributed by atoms with van der Waals surface area (Å²) in [6, 6.07) is 1.04. The lowest BCUT2D eigenvalue weighted by Crippen LogP contribution is -2.47. The summed E-state index contributed by atoms with van der Waals surface area (Å²) in [7, 11) is 4.38. The maximum Gasteiger partial charge on any atom is 0.0217 e. The fourth-order valence-electron chi connectivity index (χ4n) is 2.41. The van der Waals surface area contributed by atoms with Crippen LogP contribution in [-0.4, -0.2) is 55.6 Å². The topological polar surface area (TPSA) is 32.5 Å². The van der Waals surface area contributed by atoms with Crippen molar-refractivity contribution in [1.82, 2.24) is 9.80 Å². The van der Waals surface area contributed by atoms with Gasteiger partial charge in [-0.05, 0) is 51.9 Å². The molecule has 2 N–H and O–H groups in total. The van der Waals surface area contributed by atoms with Crippen molar-refractivity contribution in [2.45, 2.75) is 52.1 Å². The summed E-state index contributed by atoms with van der Waals surface area (Å²) in [5.41, 5.74) is 6.46. The van der Waals surface area contributed by atoms with E-state index in [1.54, 1.807) is 0 Å². The lowest BCUT2D eigenvalue weighted by atomic mass is 9.85. The second-order valence-corrected chi connectivity index (χ2v) is 6.82. The van der Waals surface area contributed by atoms with Crippen LogP contribution >= 0.6 is 0 Å². The minimum atomic E-state index is 0.233. The summed E-state index contributed by atoms with van der Waals surface area (Å²) in [5, 5.41) is 0. The summed E-state index contributed by atoms with van der Waals surface area (Å²) < 4.78 is 0. The zero-order valence-corrected chi connectivity index (χ0v) is 12.4. The highest BCUT2D eigenvalue weighted by atomic mass is 15.2. The maximum absolute atomic E-state index is 6.23. The molecule has 0 aliphatic carbocycles. The molecular formula is C14H31N3. The van der Waals surface area contributed by atoms with Crippen molar-refractivity contribution in [3.05, 3.63) is 0 Å². The van der Waals surface area contributed by atoms with Crippen LogP contribution in [0.2, 0.25) is 0 Å². The predicted octanol–water partition coefficient (Wildman–Crippen LogP) is 1.78. The Labute approximate surface area is 107 Å². The van der Waals surface area contributed by atoms with Crippen molar-refractivity contribution in [3.8, 4) is 0 Å². The highest BCUT2D eigenvalue weighted by molar-refractivity contribution is 4.81. The van der Waals surface area contributed by atoms with E-state index >= 15 is 0 Å². The lowest BCUT2D eigenvalue weighted by molar-refractivity contribution is 0.125. The Bertz CT molecular complexity index is 220. The molecule has 2 unspecified atom stereocenters. The Morgan fingerprint density at radius 1 is 1.35 bits per heavy atom. The van der Waals surface area contributed by atoms with Gasteiger partial charge in [0.25, 0.3) is 0 Å². The van der Waals surface area contributed by atoms with Gasteiger partial charge in [-0.2, -0.15) is 0 Å². The molecule has 3 nitrogen and oxygen atoms in total. The lowest BCUT2D eigenvalue weighted by Gasteiger charge is -2.37.